The van der Waals surface area contributed by atoms with Gasteiger partial charge in [0.2, 0.25) is 11.8 Å². The fraction of sp³-hybridized carbons (Fsp3) is 0.382. The van der Waals surface area contributed by atoms with Crippen molar-refractivity contribution in [1.82, 2.24) is 10.6 Å². The largest absolute Gasteiger partial charge is 0.481 e. The molecule has 0 radical (unpaired) electrons. The molecule has 3 unspecified atom stereocenters. The highest BCUT2D eigenvalue weighted by Gasteiger charge is 2.30. The second kappa shape index (κ2) is 15.7. The van der Waals surface area contributed by atoms with Gasteiger partial charge in [-0.05, 0) is 59.9 Å². The lowest BCUT2D eigenvalue weighted by Crippen LogP contribution is -2.52. The maximum Gasteiger partial charge on any atom is 0.304 e. The molecule has 0 aliphatic heterocycles. The zero-order valence-corrected chi connectivity index (χ0v) is 24.4. The van der Waals surface area contributed by atoms with Crippen molar-refractivity contribution in [2.75, 3.05) is 13.7 Å². The zero-order chi connectivity index (χ0) is 29.8. The molecule has 0 saturated heterocycles. The number of carboxylic acids is 1. The van der Waals surface area contributed by atoms with Gasteiger partial charge in [0, 0.05) is 13.0 Å². The summed E-state index contributed by atoms with van der Waals surface area (Å²) in [7, 11) is 1.57. The van der Waals surface area contributed by atoms with E-state index >= 15 is 0 Å². The van der Waals surface area contributed by atoms with E-state index in [0.717, 1.165) is 23.1 Å². The van der Waals surface area contributed by atoms with E-state index < -0.39 is 23.8 Å². The van der Waals surface area contributed by atoms with Crippen molar-refractivity contribution in [3.63, 3.8) is 0 Å². The molecule has 0 bridgehead atoms. The number of carboxylic acid groups (broad SMARTS) is 1. The molecule has 3 atom stereocenters. The molecule has 2 amide bonds. The van der Waals surface area contributed by atoms with E-state index in [0.29, 0.717) is 12.8 Å². The van der Waals surface area contributed by atoms with Crippen LogP contribution in [0.5, 0.6) is 0 Å². The van der Waals surface area contributed by atoms with Gasteiger partial charge >= 0.3 is 5.97 Å². The summed E-state index contributed by atoms with van der Waals surface area (Å²) < 4.78 is 5.31. The van der Waals surface area contributed by atoms with Gasteiger partial charge in [-0.1, -0.05) is 92.7 Å². The third kappa shape index (κ3) is 9.57. The van der Waals surface area contributed by atoms with Crippen LogP contribution in [0, 0.1) is 18.8 Å². The van der Waals surface area contributed by atoms with Crippen LogP contribution in [0.2, 0.25) is 0 Å². The van der Waals surface area contributed by atoms with E-state index in [4.69, 9.17) is 4.74 Å². The lowest BCUT2D eigenvalue weighted by Gasteiger charge is -2.27. The quantitative estimate of drug-likeness (QED) is 0.221. The van der Waals surface area contributed by atoms with E-state index in [1.165, 1.54) is 11.1 Å². The van der Waals surface area contributed by atoms with Crippen molar-refractivity contribution in [3.05, 3.63) is 95.6 Å². The molecular formula is C34H42N2O5. The summed E-state index contributed by atoms with van der Waals surface area (Å²) in [6.45, 7) is 6.07. The molecule has 0 aliphatic carbocycles. The Morgan fingerprint density at radius 3 is 2.12 bits per heavy atom. The molecule has 0 fully saturated rings. The SMILES string of the molecule is COCC(NC(=O)C(NC(=O)C(CCCc1ccc(-c2ccccc2)c(C)c1)CC(=O)O)C(C)C)c1ccccc1. The second-order valence-corrected chi connectivity index (χ2v) is 10.9. The number of carbonyl (C=O) groups excluding carboxylic acids is 2. The van der Waals surface area contributed by atoms with Gasteiger partial charge in [-0.25, -0.2) is 0 Å². The smallest absolute Gasteiger partial charge is 0.304 e. The first-order chi connectivity index (χ1) is 19.7. The number of carbonyl (C=O) groups is 3. The molecular weight excluding hydrogens is 516 g/mol. The summed E-state index contributed by atoms with van der Waals surface area (Å²) in [5, 5.41) is 15.3. The third-order valence-electron chi connectivity index (χ3n) is 7.28. The van der Waals surface area contributed by atoms with Crippen molar-refractivity contribution in [3.8, 4) is 11.1 Å². The van der Waals surface area contributed by atoms with E-state index in [2.05, 4.69) is 47.9 Å². The van der Waals surface area contributed by atoms with Gasteiger partial charge < -0.3 is 20.5 Å². The van der Waals surface area contributed by atoms with Gasteiger partial charge in [0.05, 0.1) is 19.1 Å². The average molecular weight is 559 g/mol. The highest BCUT2D eigenvalue weighted by atomic mass is 16.5. The van der Waals surface area contributed by atoms with Crippen LogP contribution >= 0.6 is 0 Å². The Morgan fingerprint density at radius 2 is 1.54 bits per heavy atom. The molecule has 0 aliphatic rings. The van der Waals surface area contributed by atoms with Gasteiger partial charge in [0.25, 0.3) is 0 Å². The van der Waals surface area contributed by atoms with Gasteiger partial charge in [0.1, 0.15) is 6.04 Å². The highest BCUT2D eigenvalue weighted by Crippen LogP contribution is 2.25. The first-order valence-electron chi connectivity index (χ1n) is 14.2. The normalized spacial score (nSPS) is 13.3. The van der Waals surface area contributed by atoms with Gasteiger partial charge in [-0.2, -0.15) is 0 Å². The summed E-state index contributed by atoms with van der Waals surface area (Å²) in [4.78, 5) is 38.2. The first kappa shape index (κ1) is 31.6. The number of aryl methyl sites for hydroxylation is 2. The summed E-state index contributed by atoms with van der Waals surface area (Å²) in [6.07, 6.45) is 1.49. The van der Waals surface area contributed by atoms with E-state index in [9.17, 15) is 19.5 Å². The van der Waals surface area contributed by atoms with Crippen LogP contribution in [-0.2, 0) is 25.5 Å². The molecule has 41 heavy (non-hydrogen) atoms. The van der Waals surface area contributed by atoms with Crippen LogP contribution in [0.4, 0.5) is 0 Å². The first-order valence-corrected chi connectivity index (χ1v) is 14.2. The molecule has 3 rings (SSSR count). The maximum absolute atomic E-state index is 13.3. The molecule has 3 aromatic carbocycles. The summed E-state index contributed by atoms with van der Waals surface area (Å²) >= 11 is 0. The number of rotatable bonds is 15. The van der Waals surface area contributed by atoms with Crippen molar-refractivity contribution in [2.24, 2.45) is 11.8 Å². The highest BCUT2D eigenvalue weighted by molar-refractivity contribution is 5.90. The standard InChI is InChI=1S/C34H42N2O5/c1-23(2)32(34(40)35-30(22-41-4)27-15-9-6-10-16-27)36-33(39)28(21-31(37)38)17-11-12-25-18-19-29(24(3)20-25)26-13-7-5-8-14-26/h5-10,13-16,18-20,23,28,30,32H,11-12,17,21-22H2,1-4H3,(H,35,40)(H,36,39)(H,37,38). The Balaban J connectivity index is 1.64. The third-order valence-corrected chi connectivity index (χ3v) is 7.28. The summed E-state index contributed by atoms with van der Waals surface area (Å²) in [5.74, 6) is -2.73. The molecule has 3 aromatic rings. The van der Waals surface area contributed by atoms with Crippen molar-refractivity contribution in [1.29, 1.82) is 0 Å². The summed E-state index contributed by atoms with van der Waals surface area (Å²) in [5.41, 5.74) is 5.54. The van der Waals surface area contributed by atoms with Gasteiger partial charge in [-0.3, -0.25) is 14.4 Å². The minimum absolute atomic E-state index is 0.200. The fourth-order valence-electron chi connectivity index (χ4n) is 5.05. The summed E-state index contributed by atoms with van der Waals surface area (Å²) in [6, 6.07) is 24.9. The molecule has 7 nitrogen and oxygen atoms in total. The van der Waals surface area contributed by atoms with Crippen molar-refractivity contribution < 1.29 is 24.2 Å². The zero-order valence-electron chi connectivity index (χ0n) is 24.4. The molecule has 3 N–H and O–H groups in total. The molecule has 218 valence electrons. The Labute approximate surface area is 243 Å². The minimum atomic E-state index is -1.04. The Kier molecular flexibility index (Phi) is 12.1. The Hall–Kier alpha value is -3.97. The number of ether oxygens (including phenoxy) is 1. The van der Waals surface area contributed by atoms with E-state index in [-0.39, 0.29) is 30.9 Å². The second-order valence-electron chi connectivity index (χ2n) is 10.9. The van der Waals surface area contributed by atoms with Crippen molar-refractivity contribution in [2.45, 2.75) is 58.5 Å². The average Bonchev–Trinajstić information content (AvgIpc) is 2.95. The number of benzene rings is 3. The Morgan fingerprint density at radius 1 is 0.878 bits per heavy atom. The van der Waals surface area contributed by atoms with E-state index in [1.807, 2.05) is 62.4 Å². The van der Waals surface area contributed by atoms with Gasteiger partial charge in [0.15, 0.2) is 0 Å². The van der Waals surface area contributed by atoms with Gasteiger partial charge in [-0.15, -0.1) is 0 Å². The van der Waals surface area contributed by atoms with E-state index in [1.54, 1.807) is 7.11 Å². The van der Waals surface area contributed by atoms with Crippen LogP contribution in [-0.4, -0.2) is 42.6 Å². The maximum atomic E-state index is 13.3. The number of aliphatic carboxylic acids is 1. The topological polar surface area (TPSA) is 105 Å². The number of amides is 2. The van der Waals surface area contributed by atoms with Crippen LogP contribution < -0.4 is 10.6 Å². The number of hydrogen-bond acceptors (Lipinski definition) is 4. The minimum Gasteiger partial charge on any atom is -0.481 e. The monoisotopic (exact) mass is 558 g/mol. The molecule has 0 spiro atoms. The van der Waals surface area contributed by atoms with Crippen LogP contribution in [0.1, 0.15) is 55.8 Å². The molecule has 7 heteroatoms. The number of methoxy groups -OCH3 is 1. The predicted octanol–water partition coefficient (Wildman–Crippen LogP) is 5.72. The van der Waals surface area contributed by atoms with Crippen LogP contribution in [0.3, 0.4) is 0 Å². The Bertz CT molecular complexity index is 1280. The molecule has 0 saturated carbocycles. The van der Waals surface area contributed by atoms with Crippen molar-refractivity contribution >= 4 is 17.8 Å². The lowest BCUT2D eigenvalue weighted by molar-refractivity contribution is -0.141. The fourth-order valence-corrected chi connectivity index (χ4v) is 5.05. The number of nitrogens with one attached hydrogen (secondary N) is 2. The van der Waals surface area contributed by atoms with Crippen LogP contribution in [0.15, 0.2) is 78.9 Å². The lowest BCUT2D eigenvalue weighted by atomic mass is 9.93. The predicted molar refractivity (Wildman–Crippen MR) is 161 cm³/mol. The molecule has 0 heterocycles. The van der Waals surface area contributed by atoms with Crippen LogP contribution in [0.25, 0.3) is 11.1 Å². The molecule has 0 aromatic heterocycles. The number of hydrogen-bond donors (Lipinski definition) is 3.